The van der Waals surface area contributed by atoms with Crippen molar-refractivity contribution in [2.45, 2.75) is 19.9 Å². The molecule has 0 saturated carbocycles. The van der Waals surface area contributed by atoms with Gasteiger partial charge in [-0.1, -0.05) is 5.18 Å². The highest BCUT2D eigenvalue weighted by molar-refractivity contribution is 7.10. The van der Waals surface area contributed by atoms with Crippen LogP contribution < -0.4 is 0 Å². The van der Waals surface area contributed by atoms with Crippen molar-refractivity contribution in [1.29, 1.82) is 0 Å². The molecule has 1 aromatic rings. The van der Waals surface area contributed by atoms with Gasteiger partial charge in [0.05, 0.1) is 0 Å². The molecule has 0 radical (unpaired) electrons. The van der Waals surface area contributed by atoms with Gasteiger partial charge in [-0.15, -0.1) is 11.3 Å². The lowest BCUT2D eigenvalue weighted by Crippen LogP contribution is -1.84. The summed E-state index contributed by atoms with van der Waals surface area (Å²) in [6.45, 7) is 3.80. The molecule has 1 unspecified atom stereocenters. The molecule has 0 saturated heterocycles. The molecule has 3 heteroatoms. The van der Waals surface area contributed by atoms with Crippen molar-refractivity contribution in [1.82, 2.24) is 0 Å². The number of thiophene rings is 1. The van der Waals surface area contributed by atoms with E-state index in [0.29, 0.717) is 0 Å². The summed E-state index contributed by atoms with van der Waals surface area (Å²) in [7, 11) is 0. The van der Waals surface area contributed by atoms with Crippen molar-refractivity contribution in [3.8, 4) is 0 Å². The molecule has 0 fully saturated rings. The molecule has 0 aromatic carbocycles. The Kier molecular flexibility index (Phi) is 2.17. The molecule has 0 bridgehead atoms. The Morgan fingerprint density at radius 2 is 2.40 bits per heavy atom. The second-order valence-electron chi connectivity index (χ2n) is 2.25. The van der Waals surface area contributed by atoms with Crippen LogP contribution in [0.2, 0.25) is 0 Å². The molecule has 10 heavy (non-hydrogen) atoms. The van der Waals surface area contributed by atoms with E-state index >= 15 is 0 Å². The van der Waals surface area contributed by atoms with Gasteiger partial charge in [0, 0.05) is 4.88 Å². The van der Waals surface area contributed by atoms with Crippen LogP contribution in [0.4, 0.5) is 0 Å². The van der Waals surface area contributed by atoms with Crippen LogP contribution in [-0.4, -0.2) is 0 Å². The number of aryl methyl sites for hydroxylation is 1. The monoisotopic (exact) mass is 155 g/mol. The Labute approximate surface area is 63.9 Å². The van der Waals surface area contributed by atoms with Gasteiger partial charge in [0.1, 0.15) is 6.04 Å². The largest absolute Gasteiger partial charge is 0.150 e. The molecule has 1 heterocycles. The average molecular weight is 155 g/mol. The molecule has 0 aliphatic heterocycles. The normalized spacial score (nSPS) is 13.0. The molecule has 2 nitrogen and oxygen atoms in total. The molecular formula is C7H9NOS. The zero-order valence-electron chi connectivity index (χ0n) is 6.00. The third-order valence-corrected chi connectivity index (χ3v) is 2.63. The van der Waals surface area contributed by atoms with Gasteiger partial charge in [-0.2, -0.15) is 4.91 Å². The first kappa shape index (κ1) is 7.41. The lowest BCUT2D eigenvalue weighted by molar-refractivity contribution is 0.824. The molecule has 0 aliphatic rings. The van der Waals surface area contributed by atoms with Crippen LogP contribution in [0.3, 0.4) is 0 Å². The van der Waals surface area contributed by atoms with E-state index in [1.54, 1.807) is 11.3 Å². The van der Waals surface area contributed by atoms with E-state index in [1.807, 2.05) is 25.3 Å². The number of hydrogen-bond acceptors (Lipinski definition) is 3. The number of hydrogen-bond donors (Lipinski definition) is 0. The summed E-state index contributed by atoms with van der Waals surface area (Å²) in [5.74, 6) is 0. The van der Waals surface area contributed by atoms with Crippen LogP contribution in [0, 0.1) is 11.8 Å². The van der Waals surface area contributed by atoms with E-state index in [2.05, 4.69) is 5.18 Å². The van der Waals surface area contributed by atoms with Crippen LogP contribution in [0.5, 0.6) is 0 Å². The summed E-state index contributed by atoms with van der Waals surface area (Å²) < 4.78 is 0. The SMILES string of the molecule is Cc1ccsc1C(C)N=O. The minimum absolute atomic E-state index is 0.181. The standard InChI is InChI=1S/C7H9NOS/c1-5-3-4-10-7(5)6(2)8-9/h3-4,6H,1-2H3. The third kappa shape index (κ3) is 1.24. The summed E-state index contributed by atoms with van der Waals surface area (Å²) in [6.07, 6.45) is 0. The molecule has 0 aliphatic carbocycles. The predicted octanol–water partition coefficient (Wildman–Crippen LogP) is 2.88. The van der Waals surface area contributed by atoms with Crippen molar-refractivity contribution in [2.75, 3.05) is 0 Å². The Bertz CT molecular complexity index is 231. The van der Waals surface area contributed by atoms with Gasteiger partial charge in [-0.25, -0.2) is 0 Å². The highest BCUT2D eigenvalue weighted by Gasteiger charge is 2.08. The second kappa shape index (κ2) is 2.92. The smallest absolute Gasteiger partial charge is 0.123 e. The Morgan fingerprint density at radius 1 is 1.70 bits per heavy atom. The van der Waals surface area contributed by atoms with Crippen molar-refractivity contribution < 1.29 is 0 Å². The third-order valence-electron chi connectivity index (χ3n) is 1.44. The summed E-state index contributed by atoms with van der Waals surface area (Å²) in [4.78, 5) is 11.2. The summed E-state index contributed by atoms with van der Waals surface area (Å²) in [5, 5.41) is 4.93. The first-order valence-corrected chi connectivity index (χ1v) is 4.00. The predicted molar refractivity (Wildman–Crippen MR) is 43.3 cm³/mol. The van der Waals surface area contributed by atoms with E-state index < -0.39 is 0 Å². The maximum atomic E-state index is 10.1. The zero-order chi connectivity index (χ0) is 7.56. The van der Waals surface area contributed by atoms with Gasteiger partial charge in [-0.05, 0) is 30.9 Å². The van der Waals surface area contributed by atoms with Crippen LogP contribution >= 0.6 is 11.3 Å². The molecule has 1 atom stereocenters. The number of rotatable bonds is 2. The van der Waals surface area contributed by atoms with Crippen LogP contribution in [0.1, 0.15) is 23.4 Å². The molecule has 0 amide bonds. The summed E-state index contributed by atoms with van der Waals surface area (Å²) in [5.41, 5.74) is 1.16. The maximum Gasteiger partial charge on any atom is 0.123 e. The van der Waals surface area contributed by atoms with Crippen molar-refractivity contribution in [3.63, 3.8) is 0 Å². The van der Waals surface area contributed by atoms with Crippen molar-refractivity contribution in [2.24, 2.45) is 5.18 Å². The summed E-state index contributed by atoms with van der Waals surface area (Å²) >= 11 is 1.59. The first-order valence-electron chi connectivity index (χ1n) is 3.12. The van der Waals surface area contributed by atoms with E-state index in [0.717, 1.165) is 10.4 Å². The fourth-order valence-electron chi connectivity index (χ4n) is 0.860. The van der Waals surface area contributed by atoms with Gasteiger partial charge < -0.3 is 0 Å². The Balaban J connectivity index is 2.92. The highest BCUT2D eigenvalue weighted by atomic mass is 32.1. The maximum absolute atomic E-state index is 10.1. The molecule has 0 spiro atoms. The lowest BCUT2D eigenvalue weighted by atomic mass is 10.2. The molecule has 1 aromatic heterocycles. The van der Waals surface area contributed by atoms with Crippen molar-refractivity contribution in [3.05, 3.63) is 26.8 Å². The number of nitrogens with zero attached hydrogens (tertiary/aromatic N) is 1. The van der Waals surface area contributed by atoms with E-state index in [4.69, 9.17) is 0 Å². The van der Waals surface area contributed by atoms with Gasteiger partial charge in [0.25, 0.3) is 0 Å². The van der Waals surface area contributed by atoms with Crippen molar-refractivity contribution >= 4 is 11.3 Å². The topological polar surface area (TPSA) is 29.4 Å². The highest BCUT2D eigenvalue weighted by Crippen LogP contribution is 2.25. The Morgan fingerprint density at radius 3 is 2.80 bits per heavy atom. The Hall–Kier alpha value is -0.700. The second-order valence-corrected chi connectivity index (χ2v) is 3.20. The molecular weight excluding hydrogens is 146 g/mol. The van der Waals surface area contributed by atoms with Crippen LogP contribution in [0.15, 0.2) is 16.6 Å². The van der Waals surface area contributed by atoms with E-state index in [1.165, 1.54) is 0 Å². The lowest BCUT2D eigenvalue weighted by Gasteiger charge is -1.98. The first-order chi connectivity index (χ1) is 4.75. The average Bonchev–Trinajstić information content (AvgIpc) is 2.34. The zero-order valence-corrected chi connectivity index (χ0v) is 6.81. The van der Waals surface area contributed by atoms with Gasteiger partial charge in [0.2, 0.25) is 0 Å². The minimum Gasteiger partial charge on any atom is -0.150 e. The molecule has 54 valence electrons. The quantitative estimate of drug-likeness (QED) is 0.604. The van der Waals surface area contributed by atoms with Crippen LogP contribution in [0.25, 0.3) is 0 Å². The minimum atomic E-state index is -0.181. The van der Waals surface area contributed by atoms with E-state index in [9.17, 15) is 4.91 Å². The van der Waals surface area contributed by atoms with Gasteiger partial charge >= 0.3 is 0 Å². The van der Waals surface area contributed by atoms with Gasteiger partial charge in [0.15, 0.2) is 0 Å². The number of nitroso groups, excluding NO2 is 1. The molecule has 1 rings (SSSR count). The fraction of sp³-hybridized carbons (Fsp3) is 0.429. The van der Waals surface area contributed by atoms with Gasteiger partial charge in [-0.3, -0.25) is 0 Å². The van der Waals surface area contributed by atoms with Crippen LogP contribution in [-0.2, 0) is 0 Å². The molecule has 0 N–H and O–H groups in total. The summed E-state index contributed by atoms with van der Waals surface area (Å²) in [6, 6.07) is 1.82. The van der Waals surface area contributed by atoms with E-state index in [-0.39, 0.29) is 6.04 Å². The fourth-order valence-corrected chi connectivity index (χ4v) is 1.77.